The van der Waals surface area contributed by atoms with Crippen LogP contribution < -0.4 is 4.74 Å². The Morgan fingerprint density at radius 1 is 1.25 bits per heavy atom. The van der Waals surface area contributed by atoms with Crippen LogP contribution in [0.4, 0.5) is 5.69 Å². The summed E-state index contributed by atoms with van der Waals surface area (Å²) in [5.41, 5.74) is 0.388. The van der Waals surface area contributed by atoms with E-state index in [1.807, 2.05) is 6.92 Å². The van der Waals surface area contributed by atoms with E-state index in [4.69, 9.17) is 9.47 Å². The molecule has 1 aliphatic heterocycles. The van der Waals surface area contributed by atoms with E-state index in [1.165, 1.54) is 24.3 Å². The van der Waals surface area contributed by atoms with Gasteiger partial charge in [0.15, 0.2) is 0 Å². The Morgan fingerprint density at radius 2 is 1.92 bits per heavy atom. The summed E-state index contributed by atoms with van der Waals surface area (Å²) in [5.74, 6) is 0.236. The van der Waals surface area contributed by atoms with Gasteiger partial charge in [-0.15, -0.1) is 0 Å². The molecule has 1 heterocycles. The van der Waals surface area contributed by atoms with E-state index in [1.54, 1.807) is 12.1 Å². The maximum absolute atomic E-state index is 12.7. The lowest BCUT2D eigenvalue weighted by molar-refractivity contribution is -0.387. The third-order valence-corrected chi connectivity index (χ3v) is 5.40. The molecule has 1 saturated heterocycles. The molecule has 2 aromatic rings. The van der Waals surface area contributed by atoms with Crippen molar-refractivity contribution in [3.63, 3.8) is 0 Å². The summed E-state index contributed by atoms with van der Waals surface area (Å²) in [6, 6.07) is 9.90. The number of sulfone groups is 1. The minimum Gasteiger partial charge on any atom is -0.491 e. The van der Waals surface area contributed by atoms with Gasteiger partial charge in [0.05, 0.1) is 22.5 Å². The summed E-state index contributed by atoms with van der Waals surface area (Å²) in [5, 5.41) is 11.3. The normalized spacial score (nSPS) is 16.6. The second kappa shape index (κ2) is 6.21. The number of ether oxygens (including phenoxy) is 2. The molecule has 3 rings (SSSR count). The lowest BCUT2D eigenvalue weighted by atomic mass is 10.2. The van der Waals surface area contributed by atoms with Gasteiger partial charge in [0.25, 0.3) is 5.69 Å². The molecular weight excluding hydrogens is 334 g/mol. The second-order valence-electron chi connectivity index (χ2n) is 5.47. The highest BCUT2D eigenvalue weighted by molar-refractivity contribution is 7.91. The Morgan fingerprint density at radius 3 is 2.50 bits per heavy atom. The van der Waals surface area contributed by atoms with Crippen molar-refractivity contribution in [2.24, 2.45) is 0 Å². The van der Waals surface area contributed by atoms with E-state index in [9.17, 15) is 18.5 Å². The van der Waals surface area contributed by atoms with Crippen molar-refractivity contribution in [3.05, 3.63) is 58.1 Å². The monoisotopic (exact) mass is 349 g/mol. The number of epoxide rings is 1. The zero-order valence-electron chi connectivity index (χ0n) is 12.8. The first-order valence-electron chi connectivity index (χ1n) is 7.22. The molecule has 0 saturated carbocycles. The Bertz CT molecular complexity index is 872. The highest BCUT2D eigenvalue weighted by Crippen LogP contribution is 2.32. The predicted octanol–water partition coefficient (Wildman–Crippen LogP) is 2.51. The maximum atomic E-state index is 12.7. The third kappa shape index (κ3) is 3.39. The van der Waals surface area contributed by atoms with Crippen molar-refractivity contribution in [2.45, 2.75) is 22.8 Å². The molecule has 0 aromatic heterocycles. The van der Waals surface area contributed by atoms with E-state index < -0.39 is 20.4 Å². The first-order valence-corrected chi connectivity index (χ1v) is 8.71. The summed E-state index contributed by atoms with van der Waals surface area (Å²) in [6.45, 7) is 2.71. The minimum atomic E-state index is -3.99. The van der Waals surface area contributed by atoms with Crippen LogP contribution in [0, 0.1) is 17.0 Å². The quantitative estimate of drug-likeness (QED) is 0.451. The molecule has 126 valence electrons. The van der Waals surface area contributed by atoms with Crippen LogP contribution >= 0.6 is 0 Å². The summed E-state index contributed by atoms with van der Waals surface area (Å²) in [7, 11) is -3.99. The van der Waals surface area contributed by atoms with E-state index in [0.29, 0.717) is 6.61 Å². The van der Waals surface area contributed by atoms with E-state index >= 15 is 0 Å². The highest BCUT2D eigenvalue weighted by Gasteiger charge is 2.29. The van der Waals surface area contributed by atoms with Crippen molar-refractivity contribution >= 4 is 15.5 Å². The third-order valence-electron chi connectivity index (χ3n) is 3.59. The summed E-state index contributed by atoms with van der Waals surface area (Å²) in [4.78, 5) is 10.3. The SMILES string of the molecule is Cc1ccc(S(=O)(=O)c2ccc(OCC3CO3)cc2[N+](=O)[O-])cc1. The fourth-order valence-corrected chi connectivity index (χ4v) is 3.56. The Labute approximate surface area is 138 Å². The molecule has 1 aliphatic rings. The molecule has 0 amide bonds. The van der Waals surface area contributed by atoms with Gasteiger partial charge in [-0.2, -0.15) is 0 Å². The maximum Gasteiger partial charge on any atom is 0.292 e. The topological polar surface area (TPSA) is 99.0 Å². The van der Waals surface area contributed by atoms with Crippen LogP contribution in [0.3, 0.4) is 0 Å². The lowest BCUT2D eigenvalue weighted by Gasteiger charge is -2.08. The standard InChI is InChI=1S/C16H15NO6S/c1-11-2-5-14(6-3-11)24(20,21)16-7-4-12(8-15(16)17(18)19)22-9-13-10-23-13/h2-8,13H,9-10H2,1H3. The average molecular weight is 349 g/mol. The molecular formula is C16H15NO6S. The van der Waals surface area contributed by atoms with Crippen LogP contribution in [0.15, 0.2) is 52.3 Å². The Kier molecular flexibility index (Phi) is 4.25. The van der Waals surface area contributed by atoms with Crippen LogP contribution in [0.5, 0.6) is 5.75 Å². The number of hydrogen-bond acceptors (Lipinski definition) is 6. The second-order valence-corrected chi connectivity index (χ2v) is 7.39. The van der Waals surface area contributed by atoms with Crippen molar-refractivity contribution < 1.29 is 22.8 Å². The van der Waals surface area contributed by atoms with Crippen LogP contribution in [-0.2, 0) is 14.6 Å². The molecule has 7 nitrogen and oxygen atoms in total. The largest absolute Gasteiger partial charge is 0.491 e. The van der Waals surface area contributed by atoms with Gasteiger partial charge in [-0.3, -0.25) is 10.1 Å². The molecule has 1 fully saturated rings. The zero-order chi connectivity index (χ0) is 17.3. The fraction of sp³-hybridized carbons (Fsp3) is 0.250. The fourth-order valence-electron chi connectivity index (χ4n) is 2.15. The molecule has 1 unspecified atom stereocenters. The number of nitrogens with zero attached hydrogens (tertiary/aromatic N) is 1. The summed E-state index contributed by atoms with van der Waals surface area (Å²) in [6.07, 6.45) is 0.0000219. The lowest BCUT2D eigenvalue weighted by Crippen LogP contribution is -2.08. The molecule has 0 bridgehead atoms. The number of benzene rings is 2. The highest BCUT2D eigenvalue weighted by atomic mass is 32.2. The van der Waals surface area contributed by atoms with Gasteiger partial charge in [0.1, 0.15) is 23.4 Å². The Hall–Kier alpha value is -2.45. The number of nitro benzene ring substituents is 1. The predicted molar refractivity (Wildman–Crippen MR) is 85.0 cm³/mol. The van der Waals surface area contributed by atoms with Gasteiger partial charge in [-0.1, -0.05) is 17.7 Å². The van der Waals surface area contributed by atoms with Gasteiger partial charge < -0.3 is 9.47 Å². The number of nitro groups is 1. The van der Waals surface area contributed by atoms with Crippen LogP contribution in [0.2, 0.25) is 0 Å². The van der Waals surface area contributed by atoms with Crippen LogP contribution in [0.1, 0.15) is 5.56 Å². The minimum absolute atomic E-state index is 0.0000219. The van der Waals surface area contributed by atoms with E-state index in [-0.39, 0.29) is 28.3 Å². The van der Waals surface area contributed by atoms with Crippen molar-refractivity contribution in [2.75, 3.05) is 13.2 Å². The smallest absolute Gasteiger partial charge is 0.292 e. The van der Waals surface area contributed by atoms with Gasteiger partial charge in [-0.25, -0.2) is 8.42 Å². The first kappa shape index (κ1) is 16.4. The molecule has 2 aromatic carbocycles. The van der Waals surface area contributed by atoms with E-state index in [0.717, 1.165) is 11.6 Å². The zero-order valence-corrected chi connectivity index (χ0v) is 13.7. The van der Waals surface area contributed by atoms with Crippen molar-refractivity contribution in [1.29, 1.82) is 0 Å². The number of rotatable bonds is 6. The van der Waals surface area contributed by atoms with Gasteiger partial charge in [-0.05, 0) is 31.2 Å². The van der Waals surface area contributed by atoms with Crippen LogP contribution in [-0.4, -0.2) is 32.7 Å². The molecule has 8 heteroatoms. The molecule has 0 N–H and O–H groups in total. The molecule has 0 radical (unpaired) electrons. The first-order chi connectivity index (χ1) is 11.4. The average Bonchev–Trinajstić information content (AvgIpc) is 3.37. The Balaban J connectivity index is 1.98. The van der Waals surface area contributed by atoms with Crippen molar-refractivity contribution in [3.8, 4) is 5.75 Å². The summed E-state index contributed by atoms with van der Waals surface area (Å²) >= 11 is 0. The van der Waals surface area contributed by atoms with Crippen molar-refractivity contribution in [1.82, 2.24) is 0 Å². The molecule has 1 atom stereocenters. The number of hydrogen-bond donors (Lipinski definition) is 0. The van der Waals surface area contributed by atoms with E-state index in [2.05, 4.69) is 0 Å². The molecule has 24 heavy (non-hydrogen) atoms. The molecule has 0 aliphatic carbocycles. The number of aryl methyl sites for hydroxylation is 1. The van der Waals surface area contributed by atoms with Gasteiger partial charge in [0, 0.05) is 0 Å². The van der Waals surface area contributed by atoms with Gasteiger partial charge >= 0.3 is 0 Å². The van der Waals surface area contributed by atoms with Crippen LogP contribution in [0.25, 0.3) is 0 Å². The molecule has 0 spiro atoms. The summed E-state index contributed by atoms with van der Waals surface area (Å²) < 4.78 is 35.8. The van der Waals surface area contributed by atoms with Gasteiger partial charge in [0.2, 0.25) is 9.84 Å².